The molecule has 1 fully saturated rings. The van der Waals surface area contributed by atoms with E-state index in [1.165, 1.54) is 5.56 Å². The van der Waals surface area contributed by atoms with E-state index >= 15 is 0 Å². The van der Waals surface area contributed by atoms with Gasteiger partial charge in [-0.3, -0.25) is 0 Å². The number of nitrogens with one attached hydrogen (secondary N) is 2. The van der Waals surface area contributed by atoms with E-state index in [1.54, 1.807) is 0 Å². The minimum atomic E-state index is 0. The Hall–Kier alpha value is -0.570. The summed E-state index contributed by atoms with van der Waals surface area (Å²) in [6.45, 7) is 3.20. The Morgan fingerprint density at radius 3 is 2.46 bits per heavy atom. The van der Waals surface area contributed by atoms with Gasteiger partial charge in [0, 0.05) is 25.7 Å². The van der Waals surface area contributed by atoms with Crippen molar-refractivity contribution in [1.82, 2.24) is 10.6 Å². The van der Waals surface area contributed by atoms with Gasteiger partial charge in [0.1, 0.15) is 0 Å². The Morgan fingerprint density at radius 2 is 1.85 bits per heavy atom. The molecule has 0 aromatic heterocycles. The smallest absolute Gasteiger partial charge is 0.0447 e. The Balaban J connectivity index is 0.000000845. The van der Waals surface area contributed by atoms with Crippen molar-refractivity contribution in [3.63, 3.8) is 0 Å². The Morgan fingerprint density at radius 1 is 1.08 bits per heavy atom. The molecule has 1 heterocycles. The summed E-state index contributed by atoms with van der Waals surface area (Å²) in [5.74, 6) is 0. The number of hydrogen-bond donors (Lipinski definition) is 2. The molecule has 0 spiro atoms. The van der Waals surface area contributed by atoms with Crippen molar-refractivity contribution < 1.29 is 0 Å². The lowest BCUT2D eigenvalue weighted by Crippen LogP contribution is -2.42. The molecule has 1 aromatic carbocycles. The standard InChI is InChI=1S/C10H14N2.ClH/c1-2-4-9(5-3-1)10-8-11-6-7-12-10;/h1-5,10-12H,6-8H2;1H/t10-;/m0./s1. The van der Waals surface area contributed by atoms with Gasteiger partial charge in [-0.15, -0.1) is 12.4 Å². The van der Waals surface area contributed by atoms with Crippen molar-refractivity contribution in [2.45, 2.75) is 6.04 Å². The first-order valence-electron chi connectivity index (χ1n) is 4.46. The van der Waals surface area contributed by atoms with E-state index in [2.05, 4.69) is 41.0 Å². The van der Waals surface area contributed by atoms with Crippen molar-refractivity contribution in [2.24, 2.45) is 0 Å². The average molecular weight is 199 g/mol. The number of hydrogen-bond acceptors (Lipinski definition) is 2. The van der Waals surface area contributed by atoms with Crippen molar-refractivity contribution in [3.05, 3.63) is 35.9 Å². The first-order valence-corrected chi connectivity index (χ1v) is 4.46. The van der Waals surface area contributed by atoms with Gasteiger partial charge in [-0.1, -0.05) is 30.3 Å². The van der Waals surface area contributed by atoms with Crippen molar-refractivity contribution >= 4 is 12.4 Å². The van der Waals surface area contributed by atoms with E-state index in [0.29, 0.717) is 6.04 Å². The molecule has 0 aliphatic carbocycles. The van der Waals surface area contributed by atoms with Crippen LogP contribution in [0.15, 0.2) is 30.3 Å². The van der Waals surface area contributed by atoms with Gasteiger partial charge >= 0.3 is 0 Å². The van der Waals surface area contributed by atoms with Gasteiger partial charge in [-0.05, 0) is 5.56 Å². The molecule has 1 saturated heterocycles. The summed E-state index contributed by atoms with van der Waals surface area (Å²) in [4.78, 5) is 0. The van der Waals surface area contributed by atoms with Crippen LogP contribution in [0.5, 0.6) is 0 Å². The predicted molar refractivity (Wildman–Crippen MR) is 57.3 cm³/mol. The predicted octanol–water partition coefficient (Wildman–Crippen LogP) is 1.34. The Labute approximate surface area is 85.1 Å². The molecule has 72 valence electrons. The normalized spacial score (nSPS) is 22.0. The number of benzene rings is 1. The second-order valence-corrected chi connectivity index (χ2v) is 3.12. The number of piperazine rings is 1. The molecule has 1 aliphatic rings. The van der Waals surface area contributed by atoms with Gasteiger partial charge in [-0.2, -0.15) is 0 Å². The van der Waals surface area contributed by atoms with Gasteiger partial charge in [0.2, 0.25) is 0 Å². The quantitative estimate of drug-likeness (QED) is 0.712. The molecule has 2 N–H and O–H groups in total. The highest BCUT2D eigenvalue weighted by Crippen LogP contribution is 2.12. The van der Waals surface area contributed by atoms with E-state index < -0.39 is 0 Å². The number of rotatable bonds is 1. The van der Waals surface area contributed by atoms with Gasteiger partial charge in [0.15, 0.2) is 0 Å². The minimum absolute atomic E-state index is 0. The van der Waals surface area contributed by atoms with E-state index in [9.17, 15) is 0 Å². The molecule has 2 nitrogen and oxygen atoms in total. The topological polar surface area (TPSA) is 24.1 Å². The fraction of sp³-hybridized carbons (Fsp3) is 0.400. The molecular formula is C10H15ClN2. The fourth-order valence-corrected chi connectivity index (χ4v) is 1.57. The van der Waals surface area contributed by atoms with Crippen LogP contribution in [0, 0.1) is 0 Å². The summed E-state index contributed by atoms with van der Waals surface area (Å²) < 4.78 is 0. The van der Waals surface area contributed by atoms with Crippen LogP contribution in [0.3, 0.4) is 0 Å². The summed E-state index contributed by atoms with van der Waals surface area (Å²) in [5.41, 5.74) is 1.38. The van der Waals surface area contributed by atoms with Crippen molar-refractivity contribution in [2.75, 3.05) is 19.6 Å². The SMILES string of the molecule is Cl.c1ccc([C@@H]2CNCCN2)cc1. The average Bonchev–Trinajstić information content (AvgIpc) is 2.21. The summed E-state index contributed by atoms with van der Waals surface area (Å²) in [5, 5.41) is 6.84. The molecule has 0 radical (unpaired) electrons. The summed E-state index contributed by atoms with van der Waals surface area (Å²) in [6.07, 6.45) is 0. The molecule has 0 bridgehead atoms. The zero-order valence-corrected chi connectivity index (χ0v) is 8.31. The molecule has 0 unspecified atom stereocenters. The van der Waals surface area contributed by atoms with Crippen LogP contribution in [0.1, 0.15) is 11.6 Å². The van der Waals surface area contributed by atoms with E-state index in [1.807, 2.05) is 0 Å². The maximum absolute atomic E-state index is 3.47. The van der Waals surface area contributed by atoms with Gasteiger partial charge in [0.25, 0.3) is 0 Å². The molecule has 0 saturated carbocycles. The van der Waals surface area contributed by atoms with Crippen LogP contribution >= 0.6 is 12.4 Å². The zero-order chi connectivity index (χ0) is 8.23. The highest BCUT2D eigenvalue weighted by molar-refractivity contribution is 5.85. The molecular weight excluding hydrogens is 184 g/mol. The van der Waals surface area contributed by atoms with Crippen LogP contribution < -0.4 is 10.6 Å². The number of halogens is 1. The van der Waals surface area contributed by atoms with Gasteiger partial charge in [-0.25, -0.2) is 0 Å². The Bertz CT molecular complexity index is 232. The largest absolute Gasteiger partial charge is 0.314 e. The monoisotopic (exact) mass is 198 g/mol. The van der Waals surface area contributed by atoms with Crippen LogP contribution in [-0.2, 0) is 0 Å². The van der Waals surface area contributed by atoms with Crippen LogP contribution in [-0.4, -0.2) is 19.6 Å². The lowest BCUT2D eigenvalue weighted by molar-refractivity contribution is 0.430. The van der Waals surface area contributed by atoms with Gasteiger partial charge in [0.05, 0.1) is 0 Å². The summed E-state index contributed by atoms with van der Waals surface area (Å²) >= 11 is 0. The van der Waals surface area contributed by atoms with Gasteiger partial charge < -0.3 is 10.6 Å². The second kappa shape index (κ2) is 5.22. The molecule has 1 aromatic rings. The second-order valence-electron chi connectivity index (χ2n) is 3.12. The summed E-state index contributed by atoms with van der Waals surface area (Å²) in [6, 6.07) is 11.1. The molecule has 13 heavy (non-hydrogen) atoms. The van der Waals surface area contributed by atoms with Crippen LogP contribution in [0.2, 0.25) is 0 Å². The Kier molecular flexibility index (Phi) is 4.22. The first kappa shape index (κ1) is 10.5. The minimum Gasteiger partial charge on any atom is -0.314 e. The molecule has 0 amide bonds. The van der Waals surface area contributed by atoms with E-state index in [4.69, 9.17) is 0 Å². The molecule has 3 heteroatoms. The lowest BCUT2D eigenvalue weighted by Gasteiger charge is -2.24. The van der Waals surface area contributed by atoms with Crippen molar-refractivity contribution in [1.29, 1.82) is 0 Å². The van der Waals surface area contributed by atoms with E-state index in [-0.39, 0.29) is 12.4 Å². The zero-order valence-electron chi connectivity index (χ0n) is 7.49. The molecule has 1 atom stereocenters. The van der Waals surface area contributed by atoms with Crippen molar-refractivity contribution in [3.8, 4) is 0 Å². The highest BCUT2D eigenvalue weighted by Gasteiger charge is 2.12. The maximum atomic E-state index is 3.47. The molecule has 1 aliphatic heterocycles. The van der Waals surface area contributed by atoms with Crippen LogP contribution in [0.4, 0.5) is 0 Å². The maximum Gasteiger partial charge on any atom is 0.0447 e. The highest BCUT2D eigenvalue weighted by atomic mass is 35.5. The molecule has 2 rings (SSSR count). The third-order valence-corrected chi connectivity index (χ3v) is 2.24. The van der Waals surface area contributed by atoms with E-state index in [0.717, 1.165) is 19.6 Å². The fourth-order valence-electron chi connectivity index (χ4n) is 1.57. The van der Waals surface area contributed by atoms with Crippen LogP contribution in [0.25, 0.3) is 0 Å². The lowest BCUT2D eigenvalue weighted by atomic mass is 10.1. The third kappa shape index (κ3) is 2.69. The third-order valence-electron chi connectivity index (χ3n) is 2.24. The summed E-state index contributed by atoms with van der Waals surface area (Å²) in [7, 11) is 0. The first-order chi connectivity index (χ1) is 5.97.